The zero-order valence-electron chi connectivity index (χ0n) is 11.4. The third-order valence-corrected chi connectivity index (χ3v) is 5.28. The second kappa shape index (κ2) is 7.54. The number of hydrazine groups is 1. The molecule has 0 aliphatic carbocycles. The Balaban J connectivity index is 1.87. The summed E-state index contributed by atoms with van der Waals surface area (Å²) in [7, 11) is 0. The zero-order chi connectivity index (χ0) is 17.0. The Hall–Kier alpha value is -1.26. The molecule has 0 saturated heterocycles. The molecule has 23 heavy (non-hydrogen) atoms. The van der Waals surface area contributed by atoms with E-state index in [1.54, 1.807) is 0 Å². The third-order valence-electron chi connectivity index (χ3n) is 2.78. The summed E-state index contributed by atoms with van der Waals surface area (Å²) >= 11 is 9.64. The molecule has 0 spiro atoms. The van der Waals surface area contributed by atoms with Crippen LogP contribution in [0.25, 0.3) is 0 Å². The highest BCUT2D eigenvalue weighted by Crippen LogP contribution is 2.31. The van der Waals surface area contributed by atoms with Gasteiger partial charge in [0.1, 0.15) is 5.25 Å². The minimum atomic E-state index is -4.43. The maximum Gasteiger partial charge on any atom is 0.416 e. The van der Waals surface area contributed by atoms with Crippen LogP contribution in [0.15, 0.2) is 35.7 Å². The smallest absolute Gasteiger partial charge is 0.331 e. The van der Waals surface area contributed by atoms with Crippen molar-refractivity contribution in [3.8, 4) is 0 Å². The molecule has 0 saturated carbocycles. The molecule has 2 atom stereocenters. The van der Waals surface area contributed by atoms with Gasteiger partial charge >= 0.3 is 6.18 Å². The van der Waals surface area contributed by atoms with Crippen molar-refractivity contribution in [3.63, 3.8) is 0 Å². The molecule has 1 aromatic carbocycles. The van der Waals surface area contributed by atoms with Crippen molar-refractivity contribution in [1.29, 1.82) is 0 Å². The van der Waals surface area contributed by atoms with E-state index in [-0.39, 0.29) is 26.8 Å². The predicted molar refractivity (Wildman–Crippen MR) is 92.2 cm³/mol. The summed E-state index contributed by atoms with van der Waals surface area (Å²) in [4.78, 5) is 11.8. The average molecular weight is 426 g/mol. The lowest BCUT2D eigenvalue weighted by Gasteiger charge is -2.16. The van der Waals surface area contributed by atoms with Gasteiger partial charge in [0.2, 0.25) is 0 Å². The summed E-state index contributed by atoms with van der Waals surface area (Å²) < 4.78 is 37.9. The summed E-state index contributed by atoms with van der Waals surface area (Å²) in [5, 5.41) is 4.04. The standard InChI is InChI=1S/C13H11BrF3N3OS2/c14-9-4-5-23-10(9)11(21)19-20-12(22)18-8-3-1-2-7(6-8)13(15,16)17/h1-6,9-10H,(H,19,21)(H2,18,20,22). The lowest BCUT2D eigenvalue weighted by atomic mass is 10.2. The molecular weight excluding hydrogens is 415 g/mol. The van der Waals surface area contributed by atoms with E-state index in [4.69, 9.17) is 12.2 Å². The van der Waals surface area contributed by atoms with Crippen LogP contribution >= 0.6 is 39.9 Å². The fraction of sp³-hybridized carbons (Fsp3) is 0.231. The zero-order valence-corrected chi connectivity index (χ0v) is 14.6. The number of rotatable bonds is 2. The Labute approximate surface area is 148 Å². The van der Waals surface area contributed by atoms with E-state index in [1.807, 2.05) is 11.5 Å². The van der Waals surface area contributed by atoms with Gasteiger partial charge in [-0.1, -0.05) is 28.1 Å². The van der Waals surface area contributed by atoms with Crippen molar-refractivity contribution >= 4 is 56.6 Å². The van der Waals surface area contributed by atoms with Gasteiger partial charge in [-0.25, -0.2) is 0 Å². The largest absolute Gasteiger partial charge is 0.416 e. The molecule has 1 aliphatic rings. The number of amides is 1. The van der Waals surface area contributed by atoms with E-state index in [2.05, 4.69) is 32.1 Å². The van der Waals surface area contributed by atoms with Gasteiger partial charge in [-0.15, -0.1) is 11.8 Å². The number of alkyl halides is 4. The van der Waals surface area contributed by atoms with Gasteiger partial charge in [0.15, 0.2) is 5.11 Å². The summed E-state index contributed by atoms with van der Waals surface area (Å²) in [5.74, 6) is -0.296. The van der Waals surface area contributed by atoms with Crippen LogP contribution in [0.5, 0.6) is 0 Å². The van der Waals surface area contributed by atoms with E-state index in [0.717, 1.165) is 12.1 Å². The number of carbonyl (C=O) groups is 1. The third kappa shape index (κ3) is 5.11. The monoisotopic (exact) mass is 425 g/mol. The van der Waals surface area contributed by atoms with E-state index < -0.39 is 11.7 Å². The fourth-order valence-corrected chi connectivity index (χ4v) is 3.70. The number of benzene rings is 1. The predicted octanol–water partition coefficient (Wildman–Crippen LogP) is 3.42. The SMILES string of the molecule is O=C(NNC(=S)Nc1cccc(C(F)(F)F)c1)C1SC=CC1Br. The van der Waals surface area contributed by atoms with Crippen molar-refractivity contribution in [2.75, 3.05) is 5.32 Å². The second-order valence-electron chi connectivity index (χ2n) is 4.48. The second-order valence-corrected chi connectivity index (χ2v) is 6.99. The van der Waals surface area contributed by atoms with Crippen molar-refractivity contribution < 1.29 is 18.0 Å². The molecule has 1 heterocycles. The van der Waals surface area contributed by atoms with Gasteiger partial charge in [-0.05, 0) is 35.8 Å². The molecule has 2 rings (SSSR count). The minimum absolute atomic E-state index is 0.0141. The van der Waals surface area contributed by atoms with Crippen LogP contribution in [-0.2, 0) is 11.0 Å². The molecule has 4 nitrogen and oxygen atoms in total. The Bertz CT molecular complexity index is 639. The summed E-state index contributed by atoms with van der Waals surface area (Å²) in [6, 6.07) is 4.60. The first kappa shape index (κ1) is 18.1. The van der Waals surface area contributed by atoms with Crippen molar-refractivity contribution in [1.82, 2.24) is 10.9 Å². The lowest BCUT2D eigenvalue weighted by molar-refractivity contribution is -0.137. The molecule has 2 unspecified atom stereocenters. The van der Waals surface area contributed by atoms with Gasteiger partial charge < -0.3 is 5.32 Å². The molecule has 0 fully saturated rings. The van der Waals surface area contributed by atoms with E-state index in [0.29, 0.717) is 0 Å². The van der Waals surface area contributed by atoms with Crippen LogP contribution in [-0.4, -0.2) is 21.1 Å². The molecule has 0 aromatic heterocycles. The van der Waals surface area contributed by atoms with Gasteiger partial charge in [-0.3, -0.25) is 15.6 Å². The van der Waals surface area contributed by atoms with Crippen LogP contribution in [0.4, 0.5) is 18.9 Å². The molecule has 124 valence electrons. The summed E-state index contributed by atoms with van der Waals surface area (Å²) in [6.45, 7) is 0. The number of anilines is 1. The van der Waals surface area contributed by atoms with Crippen molar-refractivity contribution in [2.45, 2.75) is 16.3 Å². The maximum absolute atomic E-state index is 12.6. The number of thioether (sulfide) groups is 1. The van der Waals surface area contributed by atoms with E-state index >= 15 is 0 Å². The number of hydrogen-bond acceptors (Lipinski definition) is 3. The average Bonchev–Trinajstić information content (AvgIpc) is 2.90. The molecular formula is C13H11BrF3N3OS2. The topological polar surface area (TPSA) is 53.2 Å². The molecule has 10 heteroatoms. The van der Waals surface area contributed by atoms with Gasteiger partial charge in [-0.2, -0.15) is 13.2 Å². The number of allylic oxidation sites excluding steroid dienone is 1. The van der Waals surface area contributed by atoms with E-state index in [9.17, 15) is 18.0 Å². The molecule has 0 radical (unpaired) electrons. The molecule has 1 aliphatic heterocycles. The first-order valence-electron chi connectivity index (χ1n) is 6.27. The highest BCUT2D eigenvalue weighted by atomic mass is 79.9. The van der Waals surface area contributed by atoms with Gasteiger partial charge in [0, 0.05) is 5.69 Å². The summed E-state index contributed by atoms with van der Waals surface area (Å²) in [5.41, 5.74) is 4.26. The molecule has 3 N–H and O–H groups in total. The van der Waals surface area contributed by atoms with Crippen molar-refractivity contribution in [2.24, 2.45) is 0 Å². The Morgan fingerprint density at radius 1 is 1.30 bits per heavy atom. The number of hydrogen-bond donors (Lipinski definition) is 3. The molecule has 0 bridgehead atoms. The normalized spacial score (nSPS) is 20.2. The Morgan fingerprint density at radius 3 is 2.65 bits per heavy atom. The molecule has 1 amide bonds. The van der Waals surface area contributed by atoms with Crippen LogP contribution in [0, 0.1) is 0 Å². The van der Waals surface area contributed by atoms with Crippen molar-refractivity contribution in [3.05, 3.63) is 41.3 Å². The highest BCUT2D eigenvalue weighted by molar-refractivity contribution is 9.09. The summed E-state index contributed by atoms with van der Waals surface area (Å²) in [6.07, 6.45) is -2.59. The van der Waals surface area contributed by atoms with Crippen LogP contribution in [0.1, 0.15) is 5.56 Å². The number of halogens is 4. The van der Waals surface area contributed by atoms with Gasteiger partial charge in [0.25, 0.3) is 5.91 Å². The Kier molecular flexibility index (Phi) is 5.93. The van der Waals surface area contributed by atoms with Crippen LogP contribution in [0.2, 0.25) is 0 Å². The number of nitrogens with one attached hydrogen (secondary N) is 3. The lowest BCUT2D eigenvalue weighted by Crippen LogP contribution is -2.48. The quantitative estimate of drug-likeness (QED) is 0.385. The van der Waals surface area contributed by atoms with Crippen LogP contribution < -0.4 is 16.2 Å². The number of thiocarbonyl (C=S) groups is 1. The van der Waals surface area contributed by atoms with E-state index in [1.165, 1.54) is 23.9 Å². The first-order chi connectivity index (χ1) is 10.8. The maximum atomic E-state index is 12.6. The highest BCUT2D eigenvalue weighted by Gasteiger charge is 2.30. The fourth-order valence-electron chi connectivity index (χ4n) is 1.71. The first-order valence-corrected chi connectivity index (χ1v) is 8.54. The number of carbonyl (C=O) groups excluding carboxylic acids is 1. The minimum Gasteiger partial charge on any atom is -0.331 e. The van der Waals surface area contributed by atoms with Gasteiger partial charge in [0.05, 0.1) is 10.4 Å². The Morgan fingerprint density at radius 2 is 2.04 bits per heavy atom. The van der Waals surface area contributed by atoms with Crippen LogP contribution in [0.3, 0.4) is 0 Å². The molecule has 1 aromatic rings.